The predicted molar refractivity (Wildman–Crippen MR) is 72.0 cm³/mol. The molecule has 0 spiro atoms. The number of urea groups is 1. The molecule has 1 aromatic heterocycles. The molecule has 0 radical (unpaired) electrons. The number of aliphatic carboxylic acids is 1. The fourth-order valence-electron chi connectivity index (χ4n) is 1.73. The van der Waals surface area contributed by atoms with E-state index < -0.39 is 12.0 Å². The van der Waals surface area contributed by atoms with Crippen LogP contribution in [0.5, 0.6) is 0 Å². The number of hydrogen-bond acceptors (Lipinski definition) is 4. The van der Waals surface area contributed by atoms with Gasteiger partial charge in [0.15, 0.2) is 0 Å². The molecule has 2 amide bonds. The van der Waals surface area contributed by atoms with Crippen LogP contribution in [0.2, 0.25) is 0 Å². The van der Waals surface area contributed by atoms with Gasteiger partial charge in [-0.05, 0) is 11.4 Å². The molecule has 0 saturated carbocycles. The first kappa shape index (κ1) is 13.2. The molecule has 0 aromatic carbocycles. The van der Waals surface area contributed by atoms with Crippen LogP contribution in [-0.4, -0.2) is 46.1 Å². The summed E-state index contributed by atoms with van der Waals surface area (Å²) in [5, 5.41) is 13.8. The third-order valence-electron chi connectivity index (χ3n) is 2.67. The molecule has 0 aliphatic carbocycles. The number of nitrogens with one attached hydrogen (secondary N) is 1. The van der Waals surface area contributed by atoms with Gasteiger partial charge in [0.25, 0.3) is 0 Å². The molecule has 1 atom stereocenters. The van der Waals surface area contributed by atoms with Crippen molar-refractivity contribution in [2.45, 2.75) is 12.6 Å². The molecule has 2 heterocycles. The van der Waals surface area contributed by atoms with Gasteiger partial charge in [-0.3, -0.25) is 0 Å². The highest BCUT2D eigenvalue weighted by molar-refractivity contribution is 7.99. The maximum atomic E-state index is 12.0. The van der Waals surface area contributed by atoms with Crippen LogP contribution in [0.25, 0.3) is 0 Å². The highest BCUT2D eigenvalue weighted by Gasteiger charge is 2.32. The quantitative estimate of drug-likeness (QED) is 0.882. The second-order valence-corrected chi connectivity index (χ2v) is 6.04. The number of carboxylic acids is 1. The average molecular weight is 286 g/mol. The maximum Gasteiger partial charge on any atom is 0.327 e. The number of nitrogens with zero attached hydrogens (tertiary/aromatic N) is 1. The molecule has 2 rings (SSSR count). The monoisotopic (exact) mass is 286 g/mol. The lowest BCUT2D eigenvalue weighted by atomic mass is 10.3. The number of carbonyl (C=O) groups is 2. The van der Waals surface area contributed by atoms with E-state index >= 15 is 0 Å². The summed E-state index contributed by atoms with van der Waals surface area (Å²) in [5.74, 6) is 0.311. The summed E-state index contributed by atoms with van der Waals surface area (Å²) in [6, 6.07) is 2.85. The largest absolute Gasteiger partial charge is 0.480 e. The van der Waals surface area contributed by atoms with Gasteiger partial charge in [0.05, 0.1) is 6.54 Å². The first-order valence-corrected chi connectivity index (χ1v) is 7.59. The van der Waals surface area contributed by atoms with E-state index in [-0.39, 0.29) is 6.03 Å². The zero-order valence-electron chi connectivity index (χ0n) is 9.67. The molecule has 1 saturated heterocycles. The number of thiophene rings is 1. The number of thioether (sulfide) groups is 1. The Bertz CT molecular complexity index is 422. The fourth-order valence-corrected chi connectivity index (χ4v) is 3.41. The molecule has 1 aromatic rings. The predicted octanol–water partition coefficient (Wildman–Crippen LogP) is 1.46. The van der Waals surface area contributed by atoms with Crippen LogP contribution in [-0.2, 0) is 11.3 Å². The van der Waals surface area contributed by atoms with Crippen molar-refractivity contribution in [3.8, 4) is 0 Å². The van der Waals surface area contributed by atoms with Gasteiger partial charge in [-0.2, -0.15) is 11.8 Å². The number of carboxylic acid groups (broad SMARTS) is 1. The van der Waals surface area contributed by atoms with E-state index in [1.807, 2.05) is 17.5 Å². The van der Waals surface area contributed by atoms with Crippen LogP contribution in [0.1, 0.15) is 4.88 Å². The lowest BCUT2D eigenvalue weighted by Crippen LogP contribution is -2.53. The minimum absolute atomic E-state index is 0.295. The highest BCUT2D eigenvalue weighted by atomic mass is 32.2. The lowest BCUT2D eigenvalue weighted by Gasteiger charge is -2.32. The normalized spacial score (nSPS) is 19.6. The van der Waals surface area contributed by atoms with Crippen molar-refractivity contribution in [1.29, 1.82) is 0 Å². The van der Waals surface area contributed by atoms with Gasteiger partial charge in [0.2, 0.25) is 0 Å². The van der Waals surface area contributed by atoms with Crippen LogP contribution in [0.4, 0.5) is 4.79 Å². The van der Waals surface area contributed by atoms with Crippen molar-refractivity contribution in [1.82, 2.24) is 10.2 Å². The molecule has 2 N–H and O–H groups in total. The van der Waals surface area contributed by atoms with E-state index in [1.54, 1.807) is 23.1 Å². The van der Waals surface area contributed by atoms with E-state index in [0.717, 1.165) is 10.6 Å². The standard InChI is InChI=1S/C11H14N2O3S2/c14-10(15)9-7-17-5-3-13(9)11(16)12-6-8-2-1-4-18-8/h1-2,4,9H,3,5-7H2,(H,12,16)(H,14,15). The molecule has 7 heteroatoms. The highest BCUT2D eigenvalue weighted by Crippen LogP contribution is 2.17. The van der Waals surface area contributed by atoms with E-state index in [0.29, 0.717) is 18.8 Å². The van der Waals surface area contributed by atoms with E-state index in [9.17, 15) is 9.59 Å². The molecule has 18 heavy (non-hydrogen) atoms. The maximum absolute atomic E-state index is 12.0. The average Bonchev–Trinajstić information content (AvgIpc) is 2.89. The Hall–Kier alpha value is -1.21. The number of amides is 2. The summed E-state index contributed by atoms with van der Waals surface area (Å²) in [6.45, 7) is 0.935. The Morgan fingerprint density at radius 3 is 3.06 bits per heavy atom. The first-order chi connectivity index (χ1) is 8.68. The van der Waals surface area contributed by atoms with E-state index in [4.69, 9.17) is 5.11 Å². The Morgan fingerprint density at radius 1 is 1.56 bits per heavy atom. The number of carbonyl (C=O) groups excluding carboxylic acids is 1. The smallest absolute Gasteiger partial charge is 0.327 e. The van der Waals surface area contributed by atoms with Crippen molar-refractivity contribution in [2.75, 3.05) is 18.1 Å². The van der Waals surface area contributed by atoms with Crippen LogP contribution in [0.15, 0.2) is 17.5 Å². The van der Waals surface area contributed by atoms with Gasteiger partial charge in [-0.1, -0.05) is 6.07 Å². The van der Waals surface area contributed by atoms with Crippen molar-refractivity contribution in [3.63, 3.8) is 0 Å². The van der Waals surface area contributed by atoms with Crippen LogP contribution < -0.4 is 5.32 Å². The van der Waals surface area contributed by atoms with E-state index in [2.05, 4.69) is 5.32 Å². The zero-order chi connectivity index (χ0) is 13.0. The minimum atomic E-state index is -0.937. The molecular formula is C11H14N2O3S2. The lowest BCUT2D eigenvalue weighted by molar-refractivity contribution is -0.141. The molecule has 1 aliphatic rings. The fraction of sp³-hybridized carbons (Fsp3) is 0.455. The molecule has 1 aliphatic heterocycles. The van der Waals surface area contributed by atoms with Crippen molar-refractivity contribution < 1.29 is 14.7 Å². The minimum Gasteiger partial charge on any atom is -0.480 e. The van der Waals surface area contributed by atoms with Crippen molar-refractivity contribution >= 4 is 35.1 Å². The Kier molecular flexibility index (Phi) is 4.48. The SMILES string of the molecule is O=C(O)C1CSCCN1C(=O)NCc1cccs1. The van der Waals surface area contributed by atoms with Gasteiger partial charge in [-0.25, -0.2) is 9.59 Å². The molecule has 98 valence electrons. The summed E-state index contributed by atoms with van der Waals surface area (Å²) in [7, 11) is 0. The molecular weight excluding hydrogens is 272 g/mol. The first-order valence-electron chi connectivity index (χ1n) is 5.56. The Morgan fingerprint density at radius 2 is 2.39 bits per heavy atom. The summed E-state index contributed by atoms with van der Waals surface area (Å²) in [4.78, 5) is 25.5. The van der Waals surface area contributed by atoms with Crippen molar-refractivity contribution in [3.05, 3.63) is 22.4 Å². The number of rotatable bonds is 3. The second-order valence-electron chi connectivity index (χ2n) is 3.86. The van der Waals surface area contributed by atoms with Gasteiger partial charge in [0, 0.05) is 22.9 Å². The zero-order valence-corrected chi connectivity index (χ0v) is 11.3. The third-order valence-corrected chi connectivity index (χ3v) is 4.57. The molecule has 1 fully saturated rings. The summed E-state index contributed by atoms with van der Waals surface area (Å²) >= 11 is 3.13. The van der Waals surface area contributed by atoms with Crippen LogP contribution in [0, 0.1) is 0 Å². The number of hydrogen-bond donors (Lipinski definition) is 2. The van der Waals surface area contributed by atoms with Crippen LogP contribution in [0.3, 0.4) is 0 Å². The molecule has 0 bridgehead atoms. The third kappa shape index (κ3) is 3.17. The van der Waals surface area contributed by atoms with Gasteiger partial charge >= 0.3 is 12.0 Å². The van der Waals surface area contributed by atoms with Gasteiger partial charge < -0.3 is 15.3 Å². The van der Waals surface area contributed by atoms with Gasteiger partial charge in [-0.15, -0.1) is 11.3 Å². The van der Waals surface area contributed by atoms with Gasteiger partial charge in [0.1, 0.15) is 6.04 Å². The summed E-state index contributed by atoms with van der Waals surface area (Å²) in [6.07, 6.45) is 0. The topological polar surface area (TPSA) is 69.6 Å². The second kappa shape index (κ2) is 6.10. The molecule has 1 unspecified atom stereocenters. The Labute approximate surface area is 113 Å². The summed E-state index contributed by atoms with van der Waals surface area (Å²) < 4.78 is 0. The van der Waals surface area contributed by atoms with E-state index in [1.165, 1.54) is 4.90 Å². The Balaban J connectivity index is 1.92. The molecule has 5 nitrogen and oxygen atoms in total. The van der Waals surface area contributed by atoms with Crippen LogP contribution >= 0.6 is 23.1 Å². The summed E-state index contributed by atoms with van der Waals surface area (Å²) in [5.41, 5.74) is 0. The van der Waals surface area contributed by atoms with Crippen molar-refractivity contribution in [2.24, 2.45) is 0 Å².